The van der Waals surface area contributed by atoms with Crippen molar-refractivity contribution >= 4 is 26.9 Å². The fourth-order valence-corrected chi connectivity index (χ4v) is 5.76. The van der Waals surface area contributed by atoms with E-state index < -0.39 is 16.1 Å². The standard InChI is InChI=1S/C25H36N4O4S/c1-17(2)14-28(15-18(3)4)25(30)20(6)29(16-22-12-19(5)26-27(22)7)34(31,32)23-8-9-24-21(13-23)10-11-33-24/h8-13,17-18,20H,14-16H2,1-7H3/t20-/m0/s1. The Labute approximate surface area is 202 Å². The molecule has 2 aromatic heterocycles. The minimum Gasteiger partial charge on any atom is -0.464 e. The zero-order chi connectivity index (χ0) is 25.2. The Kier molecular flexibility index (Phi) is 7.88. The molecule has 0 bridgehead atoms. The quantitative estimate of drug-likeness (QED) is 0.427. The van der Waals surface area contributed by atoms with E-state index in [9.17, 15) is 13.2 Å². The van der Waals surface area contributed by atoms with Crippen LogP contribution in [0.4, 0.5) is 0 Å². The second-order valence-corrected chi connectivity index (χ2v) is 11.7. The highest BCUT2D eigenvalue weighted by atomic mass is 32.2. The van der Waals surface area contributed by atoms with Crippen LogP contribution in [0.3, 0.4) is 0 Å². The lowest BCUT2D eigenvalue weighted by molar-refractivity contribution is -0.136. The minimum absolute atomic E-state index is 0.0349. The summed E-state index contributed by atoms with van der Waals surface area (Å²) in [6.07, 6.45) is 1.53. The number of hydrogen-bond acceptors (Lipinski definition) is 5. The van der Waals surface area contributed by atoms with Crippen LogP contribution < -0.4 is 0 Å². The monoisotopic (exact) mass is 488 g/mol. The van der Waals surface area contributed by atoms with E-state index in [1.54, 1.807) is 41.8 Å². The molecule has 3 rings (SSSR count). The number of carbonyl (C=O) groups is 1. The Morgan fingerprint density at radius 3 is 2.26 bits per heavy atom. The molecule has 9 heteroatoms. The van der Waals surface area contributed by atoms with Crippen LogP contribution in [0.25, 0.3) is 11.0 Å². The van der Waals surface area contributed by atoms with Gasteiger partial charge in [0.1, 0.15) is 11.6 Å². The summed E-state index contributed by atoms with van der Waals surface area (Å²) >= 11 is 0. The third-order valence-electron chi connectivity index (χ3n) is 5.72. The molecule has 1 aromatic carbocycles. The molecule has 0 fully saturated rings. The van der Waals surface area contributed by atoms with E-state index in [2.05, 4.69) is 32.8 Å². The molecule has 0 saturated heterocycles. The summed E-state index contributed by atoms with van der Waals surface area (Å²) in [7, 11) is -2.23. The molecule has 186 valence electrons. The number of nitrogens with zero attached hydrogens (tertiary/aromatic N) is 4. The molecule has 1 amide bonds. The maximum absolute atomic E-state index is 13.9. The fourth-order valence-electron chi connectivity index (χ4n) is 4.17. The second-order valence-electron chi connectivity index (χ2n) is 9.78. The highest BCUT2D eigenvalue weighted by Gasteiger charge is 2.36. The molecule has 0 aliphatic rings. The zero-order valence-electron chi connectivity index (χ0n) is 21.1. The molecular weight excluding hydrogens is 452 g/mol. The third-order valence-corrected chi connectivity index (χ3v) is 7.63. The molecule has 8 nitrogen and oxygen atoms in total. The topological polar surface area (TPSA) is 88.7 Å². The zero-order valence-corrected chi connectivity index (χ0v) is 22.0. The van der Waals surface area contributed by atoms with E-state index in [1.807, 2.05) is 13.0 Å². The Hall–Kier alpha value is -2.65. The van der Waals surface area contributed by atoms with Gasteiger partial charge in [0.05, 0.1) is 29.1 Å². The van der Waals surface area contributed by atoms with Crippen LogP contribution in [0.5, 0.6) is 0 Å². The summed E-state index contributed by atoms with van der Waals surface area (Å²) in [4.78, 5) is 15.6. The van der Waals surface area contributed by atoms with Gasteiger partial charge in [-0.3, -0.25) is 9.48 Å². The SMILES string of the molecule is Cc1cc(CN([C@@H](C)C(=O)N(CC(C)C)CC(C)C)S(=O)(=O)c2ccc3occc3c2)n(C)n1. The predicted molar refractivity (Wildman–Crippen MR) is 133 cm³/mol. The Balaban J connectivity index is 2.04. The van der Waals surface area contributed by atoms with Crippen LogP contribution in [0.15, 0.2) is 45.9 Å². The van der Waals surface area contributed by atoms with Crippen LogP contribution in [0, 0.1) is 18.8 Å². The van der Waals surface area contributed by atoms with Gasteiger partial charge in [0, 0.05) is 25.5 Å². The van der Waals surface area contributed by atoms with Crippen LogP contribution in [-0.2, 0) is 28.4 Å². The van der Waals surface area contributed by atoms with Crippen molar-refractivity contribution in [2.75, 3.05) is 13.1 Å². The lowest BCUT2D eigenvalue weighted by atomic mass is 10.1. The van der Waals surface area contributed by atoms with Gasteiger partial charge in [0.15, 0.2) is 0 Å². The molecule has 0 aliphatic carbocycles. The maximum Gasteiger partial charge on any atom is 0.244 e. The normalized spacial score (nSPS) is 13.4. The molecule has 0 unspecified atom stereocenters. The average Bonchev–Trinajstić information content (AvgIpc) is 3.34. The van der Waals surface area contributed by atoms with E-state index in [4.69, 9.17) is 4.42 Å². The van der Waals surface area contributed by atoms with Crippen LogP contribution >= 0.6 is 0 Å². The molecule has 0 aliphatic heterocycles. The number of sulfonamides is 1. The number of furan rings is 1. The molecule has 0 N–H and O–H groups in total. The van der Waals surface area contributed by atoms with Gasteiger partial charge in [-0.25, -0.2) is 8.42 Å². The summed E-state index contributed by atoms with van der Waals surface area (Å²) in [6.45, 7) is 12.9. The molecule has 0 spiro atoms. The minimum atomic E-state index is -4.01. The summed E-state index contributed by atoms with van der Waals surface area (Å²) in [6, 6.07) is 7.44. The number of aromatic nitrogens is 2. The number of rotatable bonds is 10. The van der Waals surface area contributed by atoms with Gasteiger partial charge in [0.2, 0.25) is 15.9 Å². The molecular formula is C25H36N4O4S. The van der Waals surface area contributed by atoms with Crippen molar-refractivity contribution in [3.8, 4) is 0 Å². The molecule has 1 atom stereocenters. The largest absolute Gasteiger partial charge is 0.464 e. The maximum atomic E-state index is 13.9. The van der Waals surface area contributed by atoms with Crippen LogP contribution in [0.1, 0.15) is 46.0 Å². The van der Waals surface area contributed by atoms with E-state index >= 15 is 0 Å². The van der Waals surface area contributed by atoms with Gasteiger partial charge in [-0.2, -0.15) is 9.40 Å². The summed E-state index contributed by atoms with van der Waals surface area (Å²) in [5, 5.41) is 5.05. The molecule has 0 saturated carbocycles. The summed E-state index contributed by atoms with van der Waals surface area (Å²) in [5.41, 5.74) is 2.11. The molecule has 2 heterocycles. The van der Waals surface area contributed by atoms with E-state index in [0.29, 0.717) is 29.8 Å². The highest BCUT2D eigenvalue weighted by Crippen LogP contribution is 2.26. The van der Waals surface area contributed by atoms with Gasteiger partial charge < -0.3 is 9.32 Å². The molecule has 3 aromatic rings. The average molecular weight is 489 g/mol. The Bertz CT molecular complexity index is 1230. The predicted octanol–water partition coefficient (Wildman–Crippen LogP) is 4.19. The summed E-state index contributed by atoms with van der Waals surface area (Å²) in [5.74, 6) is 0.334. The van der Waals surface area contributed by atoms with Crippen molar-refractivity contribution in [3.63, 3.8) is 0 Å². The number of hydrogen-bond donors (Lipinski definition) is 0. The van der Waals surface area contributed by atoms with E-state index in [1.165, 1.54) is 16.6 Å². The van der Waals surface area contributed by atoms with E-state index in [-0.39, 0.29) is 29.2 Å². The van der Waals surface area contributed by atoms with Crippen LogP contribution in [-0.4, -0.2) is 52.4 Å². The van der Waals surface area contributed by atoms with Gasteiger partial charge in [-0.15, -0.1) is 0 Å². The fraction of sp³-hybridized carbons (Fsp3) is 0.520. The number of carbonyl (C=O) groups excluding carboxylic acids is 1. The first kappa shape index (κ1) is 26.0. The van der Waals surface area contributed by atoms with Gasteiger partial charge in [-0.1, -0.05) is 27.7 Å². The van der Waals surface area contributed by atoms with Gasteiger partial charge in [-0.05, 0) is 56.0 Å². The van der Waals surface area contributed by atoms with E-state index in [0.717, 1.165) is 5.69 Å². The van der Waals surface area contributed by atoms with Gasteiger partial charge >= 0.3 is 0 Å². The Morgan fingerprint density at radius 1 is 1.06 bits per heavy atom. The highest BCUT2D eigenvalue weighted by molar-refractivity contribution is 7.89. The van der Waals surface area contributed by atoms with Crippen molar-refractivity contribution in [3.05, 3.63) is 48.0 Å². The number of aryl methyl sites for hydroxylation is 2. The molecule has 0 radical (unpaired) electrons. The first-order chi connectivity index (χ1) is 15.9. The Morgan fingerprint density at radius 2 is 1.71 bits per heavy atom. The van der Waals surface area contributed by atoms with Crippen LogP contribution in [0.2, 0.25) is 0 Å². The second kappa shape index (κ2) is 10.3. The first-order valence-electron chi connectivity index (χ1n) is 11.7. The van der Waals surface area contributed by atoms with Crippen molar-refractivity contribution < 1.29 is 17.6 Å². The lowest BCUT2D eigenvalue weighted by Crippen LogP contribution is -2.50. The van der Waals surface area contributed by atoms with Crippen molar-refractivity contribution in [1.82, 2.24) is 19.0 Å². The van der Waals surface area contributed by atoms with Gasteiger partial charge in [0.25, 0.3) is 0 Å². The number of benzene rings is 1. The number of fused-ring (bicyclic) bond motifs is 1. The lowest BCUT2D eigenvalue weighted by Gasteiger charge is -2.34. The van der Waals surface area contributed by atoms with Crippen molar-refractivity contribution in [2.45, 2.75) is 59.0 Å². The van der Waals surface area contributed by atoms with Crippen molar-refractivity contribution in [2.24, 2.45) is 18.9 Å². The summed E-state index contributed by atoms with van der Waals surface area (Å²) < 4.78 is 36.2. The first-order valence-corrected chi connectivity index (χ1v) is 13.1. The number of amides is 1. The third kappa shape index (κ3) is 5.70. The smallest absolute Gasteiger partial charge is 0.244 e. The molecule has 34 heavy (non-hydrogen) atoms. The van der Waals surface area contributed by atoms with Crippen molar-refractivity contribution in [1.29, 1.82) is 0 Å².